The molecule has 1 heterocycles. The molecule has 0 bridgehead atoms. The number of amides is 1. The summed E-state index contributed by atoms with van der Waals surface area (Å²) in [4.78, 5) is 72.2. The van der Waals surface area contributed by atoms with E-state index in [9.17, 15) is 24.0 Å². The molecule has 1 saturated carbocycles. The molecular weight excluding hydrogens is 708 g/mol. The molecule has 1 N–H and O–H groups in total. The molecule has 55 heavy (non-hydrogen) atoms. The van der Waals surface area contributed by atoms with E-state index in [-0.39, 0.29) is 74.8 Å². The Morgan fingerprint density at radius 1 is 0.655 bits per heavy atom. The number of likely N-dealkylation sites (N-methyl/N-ethyl adjacent to an activating group) is 1. The molecule has 14 heteroatoms. The van der Waals surface area contributed by atoms with E-state index in [4.69, 9.17) is 23.7 Å². The maximum atomic E-state index is 13.9. The summed E-state index contributed by atoms with van der Waals surface area (Å²) in [6.07, 6.45) is 2.98. The Labute approximate surface area is 331 Å². The molecule has 1 aliphatic carbocycles. The summed E-state index contributed by atoms with van der Waals surface area (Å²) in [5.41, 5.74) is -4.97. The number of fused-ring (bicyclic) bond motifs is 1. The van der Waals surface area contributed by atoms with Gasteiger partial charge in [-0.2, -0.15) is 0 Å². The van der Waals surface area contributed by atoms with Crippen molar-refractivity contribution < 1.29 is 52.1 Å². The Hall–Kier alpha value is -2.97. The van der Waals surface area contributed by atoms with Gasteiger partial charge in [0.05, 0.1) is 44.8 Å². The lowest BCUT2D eigenvalue weighted by Crippen LogP contribution is -2.68. The molecule has 0 spiro atoms. The number of nitrogens with zero attached hydrogens (tertiary/aromatic N) is 3. The number of hydrogen-bond donors (Lipinski definition) is 1. The van der Waals surface area contributed by atoms with Gasteiger partial charge >= 0.3 is 30.0 Å². The molecule has 0 radical (unpaired) electrons. The van der Waals surface area contributed by atoms with Gasteiger partial charge in [0, 0.05) is 19.5 Å². The summed E-state index contributed by atoms with van der Waals surface area (Å²) >= 11 is 0. The standard InChI is InChI=1S/C41H74N4O10/c1-36(2,3)51-31(46)23-43-27-41(21-22-42-35(50)55-40(13,14)15,44(24-32(47)52-37(4,5)6)25-33(48)53-38(7,8)9)28-45(16,26-34(49)54-39(10,11)12)30-20-18-17-19-29(30)43/h29-30H,17-28H2,1-16H3/p+1/t29-,30-,41?,45?/m1/s1. The van der Waals surface area contributed by atoms with E-state index in [0.29, 0.717) is 0 Å². The van der Waals surface area contributed by atoms with Gasteiger partial charge < -0.3 is 33.5 Å². The molecule has 0 aromatic heterocycles. The van der Waals surface area contributed by atoms with Crippen molar-refractivity contribution in [2.75, 3.05) is 52.9 Å². The van der Waals surface area contributed by atoms with Crippen molar-refractivity contribution in [2.45, 2.75) is 182 Å². The van der Waals surface area contributed by atoms with Crippen LogP contribution in [0.3, 0.4) is 0 Å². The number of nitrogens with one attached hydrogen (secondary N) is 1. The summed E-state index contributed by atoms with van der Waals surface area (Å²) in [6, 6.07) is -0.270. The maximum absolute atomic E-state index is 13.9. The first-order valence-electron chi connectivity index (χ1n) is 19.9. The predicted octanol–water partition coefficient (Wildman–Crippen LogP) is 5.38. The van der Waals surface area contributed by atoms with E-state index in [2.05, 4.69) is 10.2 Å². The molecule has 1 amide bonds. The number of hydrogen-bond acceptors (Lipinski definition) is 12. The van der Waals surface area contributed by atoms with Crippen LogP contribution in [0.2, 0.25) is 0 Å². The highest BCUT2D eigenvalue weighted by Gasteiger charge is 2.56. The first-order chi connectivity index (χ1) is 24.7. The fourth-order valence-electron chi connectivity index (χ4n) is 7.81. The van der Waals surface area contributed by atoms with Crippen molar-refractivity contribution >= 4 is 30.0 Å². The summed E-state index contributed by atoms with van der Waals surface area (Å²) in [5, 5.41) is 2.89. The van der Waals surface area contributed by atoms with Gasteiger partial charge in [-0.05, 0) is 123 Å². The molecule has 1 saturated heterocycles. The maximum Gasteiger partial charge on any atom is 0.407 e. The number of quaternary nitrogens is 1. The van der Waals surface area contributed by atoms with Gasteiger partial charge in [-0.25, -0.2) is 9.59 Å². The van der Waals surface area contributed by atoms with Gasteiger partial charge in [-0.3, -0.25) is 24.2 Å². The van der Waals surface area contributed by atoms with Crippen LogP contribution in [-0.4, -0.2) is 143 Å². The van der Waals surface area contributed by atoms with Crippen molar-refractivity contribution in [1.82, 2.24) is 15.1 Å². The quantitative estimate of drug-likeness (QED) is 0.154. The highest BCUT2D eigenvalue weighted by atomic mass is 16.6. The van der Waals surface area contributed by atoms with Gasteiger partial charge in [-0.1, -0.05) is 6.42 Å². The Bertz CT molecular complexity index is 1320. The number of carbonyl (C=O) groups is 5. The number of ether oxygens (including phenoxy) is 5. The van der Waals surface area contributed by atoms with Crippen LogP contribution in [0.15, 0.2) is 0 Å². The molecule has 0 aromatic rings. The van der Waals surface area contributed by atoms with Gasteiger partial charge in [0.2, 0.25) is 0 Å². The first kappa shape index (κ1) is 48.2. The lowest BCUT2D eigenvalue weighted by molar-refractivity contribution is -0.932. The topological polar surface area (TPSA) is 150 Å². The minimum absolute atomic E-state index is 0.00662. The van der Waals surface area contributed by atoms with Crippen LogP contribution in [0.5, 0.6) is 0 Å². The van der Waals surface area contributed by atoms with E-state index in [1.165, 1.54) is 0 Å². The molecule has 4 atom stereocenters. The second-order valence-electron chi connectivity index (χ2n) is 20.7. The van der Waals surface area contributed by atoms with Crippen LogP contribution >= 0.6 is 0 Å². The van der Waals surface area contributed by atoms with Crippen molar-refractivity contribution in [3.8, 4) is 0 Å². The van der Waals surface area contributed by atoms with Crippen LogP contribution in [0.1, 0.15) is 136 Å². The highest BCUT2D eigenvalue weighted by Crippen LogP contribution is 2.40. The van der Waals surface area contributed by atoms with Gasteiger partial charge in [0.15, 0.2) is 6.54 Å². The molecule has 0 aromatic carbocycles. The van der Waals surface area contributed by atoms with Gasteiger partial charge in [0.25, 0.3) is 0 Å². The first-order valence-corrected chi connectivity index (χ1v) is 19.9. The highest BCUT2D eigenvalue weighted by molar-refractivity contribution is 5.76. The zero-order valence-electron chi connectivity index (χ0n) is 37.1. The molecule has 2 fully saturated rings. The van der Waals surface area contributed by atoms with Crippen molar-refractivity contribution in [2.24, 2.45) is 0 Å². The van der Waals surface area contributed by atoms with E-state index in [0.717, 1.165) is 25.7 Å². The SMILES string of the molecule is CC(C)(C)OC(=O)CN1CC(CCNC(=O)OC(C)(C)C)(N(CC(=O)OC(C)(C)C)CC(=O)OC(C)(C)C)C[N+](C)(CC(=O)OC(C)(C)C)[C@@H]2CCCC[C@H]21. The molecule has 318 valence electrons. The number of carbonyl (C=O) groups excluding carboxylic acids is 5. The Balaban J connectivity index is 2.92. The largest absolute Gasteiger partial charge is 0.459 e. The molecule has 2 unspecified atom stereocenters. The molecule has 14 nitrogen and oxygen atoms in total. The third kappa shape index (κ3) is 17.4. The number of alkyl carbamates (subject to hydrolysis) is 1. The molecule has 2 aliphatic rings. The lowest BCUT2D eigenvalue weighted by atomic mass is 9.86. The van der Waals surface area contributed by atoms with E-state index in [1.807, 2.05) is 48.6 Å². The fourth-order valence-corrected chi connectivity index (χ4v) is 7.81. The van der Waals surface area contributed by atoms with Crippen LogP contribution < -0.4 is 5.32 Å². The normalized spacial score (nSPS) is 24.2. The summed E-state index contributed by atoms with van der Waals surface area (Å²) in [7, 11) is 2.03. The van der Waals surface area contributed by atoms with Crippen molar-refractivity contribution in [3.63, 3.8) is 0 Å². The number of rotatable bonds is 12. The second-order valence-corrected chi connectivity index (χ2v) is 20.7. The summed E-state index contributed by atoms with van der Waals surface area (Å²) in [5.74, 6) is -1.91. The lowest BCUT2D eigenvalue weighted by Gasteiger charge is -2.50. The van der Waals surface area contributed by atoms with Gasteiger partial charge in [0.1, 0.15) is 34.0 Å². The average Bonchev–Trinajstić information content (AvgIpc) is 3.00. The Morgan fingerprint density at radius 2 is 1.09 bits per heavy atom. The molecule has 1 aliphatic heterocycles. The Kier molecular flexibility index (Phi) is 15.8. The van der Waals surface area contributed by atoms with Gasteiger partial charge in [-0.15, -0.1) is 0 Å². The molecule has 2 rings (SSSR count). The zero-order chi connectivity index (χ0) is 42.4. The summed E-state index contributed by atoms with van der Waals surface area (Å²) < 4.78 is 29.2. The van der Waals surface area contributed by atoms with Crippen molar-refractivity contribution in [3.05, 3.63) is 0 Å². The third-order valence-electron chi connectivity index (χ3n) is 9.19. The van der Waals surface area contributed by atoms with Crippen molar-refractivity contribution in [1.29, 1.82) is 0 Å². The minimum Gasteiger partial charge on any atom is -0.459 e. The summed E-state index contributed by atoms with van der Waals surface area (Å²) in [6.45, 7) is 26.8. The predicted molar refractivity (Wildman–Crippen MR) is 210 cm³/mol. The zero-order valence-corrected chi connectivity index (χ0v) is 37.1. The number of esters is 4. The van der Waals surface area contributed by atoms with Crippen LogP contribution in [0.25, 0.3) is 0 Å². The fraction of sp³-hybridized carbons (Fsp3) is 0.878. The van der Waals surface area contributed by atoms with E-state index < -0.39 is 57.5 Å². The van der Waals surface area contributed by atoms with Crippen LogP contribution in [0, 0.1) is 0 Å². The molecular formula is C41H75N4O10+. The smallest absolute Gasteiger partial charge is 0.407 e. The minimum atomic E-state index is -1.13. The Morgan fingerprint density at radius 3 is 1.56 bits per heavy atom. The van der Waals surface area contributed by atoms with E-state index >= 15 is 0 Å². The average molecular weight is 784 g/mol. The van der Waals surface area contributed by atoms with Crippen LogP contribution in [0.4, 0.5) is 4.79 Å². The second kappa shape index (κ2) is 18.1. The monoisotopic (exact) mass is 784 g/mol. The van der Waals surface area contributed by atoms with E-state index in [1.54, 1.807) is 67.2 Å². The third-order valence-corrected chi connectivity index (χ3v) is 9.19. The van der Waals surface area contributed by atoms with Crippen LogP contribution in [-0.2, 0) is 42.9 Å².